The summed E-state index contributed by atoms with van der Waals surface area (Å²) in [5, 5.41) is 9.17. The van der Waals surface area contributed by atoms with Crippen LogP contribution in [0, 0.1) is 0 Å². The molecule has 78 valence electrons. The van der Waals surface area contributed by atoms with Gasteiger partial charge in [-0.15, -0.1) is 0 Å². The quantitative estimate of drug-likeness (QED) is 0.521. The van der Waals surface area contributed by atoms with Crippen LogP contribution in [0.25, 0.3) is 0 Å². The van der Waals surface area contributed by atoms with Crippen molar-refractivity contribution in [2.75, 3.05) is 20.8 Å². The van der Waals surface area contributed by atoms with Crippen LogP contribution in [0.1, 0.15) is 6.42 Å². The average molecular weight is 210 g/mol. The van der Waals surface area contributed by atoms with Crippen LogP contribution in [-0.4, -0.2) is 44.4 Å². The van der Waals surface area contributed by atoms with Gasteiger partial charge in [-0.2, -0.15) is 0 Å². The molecule has 0 aromatic heterocycles. The Morgan fingerprint density at radius 3 is 2.92 bits per heavy atom. The van der Waals surface area contributed by atoms with E-state index in [1.54, 1.807) is 14.2 Å². The summed E-state index contributed by atoms with van der Waals surface area (Å²) in [5.74, 6) is 0. The summed E-state index contributed by atoms with van der Waals surface area (Å²) in [7, 11) is 3.17. The van der Waals surface area contributed by atoms with E-state index in [1.807, 2.05) is 0 Å². The fraction of sp³-hybridized carbons (Fsp3) is 1.00. The molecule has 1 aliphatic heterocycles. The Balaban J connectivity index is 2.23. The second-order valence-corrected chi connectivity index (χ2v) is 3.60. The van der Waals surface area contributed by atoms with Crippen molar-refractivity contribution in [3.8, 4) is 0 Å². The van der Waals surface area contributed by atoms with Crippen LogP contribution in [0.15, 0.2) is 0 Å². The zero-order chi connectivity index (χ0) is 9.68. The van der Waals surface area contributed by atoms with Crippen molar-refractivity contribution in [3.05, 3.63) is 0 Å². The van der Waals surface area contributed by atoms with Crippen LogP contribution in [0.5, 0.6) is 0 Å². The number of ether oxygens (including phenoxy) is 2. The first kappa shape index (κ1) is 11.3. The number of rotatable bonds is 5. The van der Waals surface area contributed by atoms with Crippen molar-refractivity contribution in [1.82, 2.24) is 0 Å². The molecule has 0 bridgehead atoms. The van der Waals surface area contributed by atoms with Crippen molar-refractivity contribution in [1.29, 1.82) is 0 Å². The monoisotopic (exact) mass is 210 g/mol. The molecule has 0 radical (unpaired) electrons. The van der Waals surface area contributed by atoms with Gasteiger partial charge in [0.2, 0.25) is 0 Å². The maximum atomic E-state index is 9.17. The minimum Gasteiger partial charge on any atom is -0.378 e. The first-order chi connectivity index (χ1) is 6.27. The van der Waals surface area contributed by atoms with Crippen molar-refractivity contribution in [2.45, 2.75) is 24.9 Å². The molecule has 6 heteroatoms. The van der Waals surface area contributed by atoms with Crippen LogP contribution in [-0.2, 0) is 18.5 Å². The highest BCUT2D eigenvalue weighted by Crippen LogP contribution is 2.23. The molecule has 1 heterocycles. The second-order valence-electron chi connectivity index (χ2n) is 2.74. The zero-order valence-electron chi connectivity index (χ0n) is 7.73. The van der Waals surface area contributed by atoms with E-state index in [9.17, 15) is 5.11 Å². The lowest BCUT2D eigenvalue weighted by molar-refractivity contribution is -0.106. The molecule has 0 spiro atoms. The van der Waals surface area contributed by atoms with Crippen molar-refractivity contribution in [3.63, 3.8) is 0 Å². The lowest BCUT2D eigenvalue weighted by atomic mass is 10.2. The Labute approximate surface area is 79.3 Å². The summed E-state index contributed by atoms with van der Waals surface area (Å²) in [5.41, 5.74) is 0. The highest BCUT2D eigenvalue weighted by atomic mass is 31.1. The second kappa shape index (κ2) is 5.86. The highest BCUT2D eigenvalue weighted by molar-refractivity contribution is 7.26. The molecular weight excluding hydrogens is 195 g/mol. The van der Waals surface area contributed by atoms with E-state index >= 15 is 0 Å². The van der Waals surface area contributed by atoms with Crippen LogP contribution >= 0.6 is 9.03 Å². The third kappa shape index (κ3) is 3.46. The summed E-state index contributed by atoms with van der Waals surface area (Å²) in [4.78, 5) is 0. The van der Waals surface area contributed by atoms with E-state index in [0.717, 1.165) is 0 Å². The molecule has 0 aromatic rings. The molecule has 1 N–H and O–H groups in total. The normalized spacial score (nSPS) is 34.8. The van der Waals surface area contributed by atoms with Gasteiger partial charge < -0.3 is 23.6 Å². The minimum atomic E-state index is -0.732. The van der Waals surface area contributed by atoms with Gasteiger partial charge in [-0.05, 0) is 0 Å². The summed E-state index contributed by atoms with van der Waals surface area (Å²) < 4.78 is 20.2. The van der Waals surface area contributed by atoms with E-state index in [4.69, 9.17) is 18.5 Å². The third-order valence-corrected chi connectivity index (χ3v) is 2.32. The van der Waals surface area contributed by atoms with Crippen molar-refractivity contribution >= 4 is 9.03 Å². The van der Waals surface area contributed by atoms with Crippen LogP contribution in [0.2, 0.25) is 0 Å². The van der Waals surface area contributed by atoms with Gasteiger partial charge in [0.15, 0.2) is 15.3 Å². The molecule has 5 nitrogen and oxygen atoms in total. The van der Waals surface area contributed by atoms with Crippen LogP contribution in [0.4, 0.5) is 0 Å². The lowest BCUT2D eigenvalue weighted by Gasteiger charge is -2.15. The van der Waals surface area contributed by atoms with Crippen molar-refractivity contribution < 1.29 is 23.6 Å². The smallest absolute Gasteiger partial charge is 0.157 e. The Morgan fingerprint density at radius 2 is 2.31 bits per heavy atom. The largest absolute Gasteiger partial charge is 0.378 e. The van der Waals surface area contributed by atoms with Gasteiger partial charge in [0.1, 0.15) is 6.10 Å². The van der Waals surface area contributed by atoms with Crippen LogP contribution in [0.3, 0.4) is 0 Å². The number of methoxy groups -OCH3 is 1. The van der Waals surface area contributed by atoms with Gasteiger partial charge in [0.05, 0.1) is 12.7 Å². The number of aliphatic hydroxyl groups is 1. The highest BCUT2D eigenvalue weighted by Gasteiger charge is 2.34. The predicted molar refractivity (Wildman–Crippen MR) is 47.6 cm³/mol. The fourth-order valence-corrected chi connectivity index (χ4v) is 1.62. The molecule has 1 aliphatic rings. The van der Waals surface area contributed by atoms with Crippen LogP contribution < -0.4 is 0 Å². The maximum absolute atomic E-state index is 9.17. The van der Waals surface area contributed by atoms with E-state index in [2.05, 4.69) is 0 Å². The van der Waals surface area contributed by atoms with E-state index in [1.165, 1.54) is 0 Å². The van der Waals surface area contributed by atoms with Crippen molar-refractivity contribution in [2.24, 2.45) is 0 Å². The topological polar surface area (TPSA) is 57.2 Å². The summed E-state index contributed by atoms with van der Waals surface area (Å²) in [6.45, 7) is 0.391. The van der Waals surface area contributed by atoms with E-state index in [-0.39, 0.29) is 21.2 Å². The molecule has 2 unspecified atom stereocenters. The molecule has 4 atom stereocenters. The lowest BCUT2D eigenvalue weighted by Crippen LogP contribution is -2.27. The Hall–Kier alpha value is 0.230. The summed E-state index contributed by atoms with van der Waals surface area (Å²) in [6, 6.07) is 0. The molecule has 1 saturated heterocycles. The Kier molecular flexibility index (Phi) is 5.09. The predicted octanol–water partition coefficient (Wildman–Crippen LogP) is 0.280. The Morgan fingerprint density at radius 1 is 1.54 bits per heavy atom. The maximum Gasteiger partial charge on any atom is 0.157 e. The van der Waals surface area contributed by atoms with Gasteiger partial charge >= 0.3 is 0 Å². The van der Waals surface area contributed by atoms with E-state index in [0.29, 0.717) is 13.0 Å². The standard InChI is InChI=1S/C7H15O5P/c1-9-5-3-7(8)12-6(5)4-11-13-10-2/h5-8,13H,3-4H2,1-2H3/t5-,6-,7?/m1/s1. The fourth-order valence-electron chi connectivity index (χ4n) is 1.27. The average Bonchev–Trinajstić information content (AvgIpc) is 2.47. The van der Waals surface area contributed by atoms with Gasteiger partial charge in [-0.3, -0.25) is 0 Å². The molecule has 1 fully saturated rings. The molecular formula is C7H15O5P. The van der Waals surface area contributed by atoms with Gasteiger partial charge in [0.25, 0.3) is 0 Å². The molecule has 13 heavy (non-hydrogen) atoms. The number of hydrogen-bond donors (Lipinski definition) is 1. The SMILES string of the molecule is COPOC[C@H]1OC(O)C[C@H]1OC. The first-order valence-corrected chi connectivity index (χ1v) is 4.85. The van der Waals surface area contributed by atoms with Gasteiger partial charge in [0, 0.05) is 20.6 Å². The molecule has 1 rings (SSSR count). The molecule has 0 saturated carbocycles. The Bertz CT molecular complexity index is 145. The summed E-state index contributed by atoms with van der Waals surface area (Å²) >= 11 is 0. The third-order valence-electron chi connectivity index (χ3n) is 1.87. The first-order valence-electron chi connectivity index (χ1n) is 4.04. The molecule has 0 aliphatic carbocycles. The summed E-state index contributed by atoms with van der Waals surface area (Å²) in [6.07, 6.45) is -0.510. The van der Waals surface area contributed by atoms with Gasteiger partial charge in [-0.25, -0.2) is 0 Å². The van der Waals surface area contributed by atoms with E-state index < -0.39 is 6.29 Å². The number of aliphatic hydroxyl groups excluding tert-OH is 1. The zero-order valence-corrected chi connectivity index (χ0v) is 8.73. The minimum absolute atomic E-state index is 0.00758. The molecule has 0 amide bonds. The number of hydrogen-bond acceptors (Lipinski definition) is 5. The molecule has 0 aromatic carbocycles. The van der Waals surface area contributed by atoms with Gasteiger partial charge in [-0.1, -0.05) is 0 Å².